The van der Waals surface area contributed by atoms with Gasteiger partial charge in [-0.15, -0.1) is 0 Å². The number of nitrogens with one attached hydrogen (secondary N) is 2. The van der Waals surface area contributed by atoms with E-state index < -0.39 is 0 Å². The molecule has 0 atom stereocenters. The molecule has 6 nitrogen and oxygen atoms in total. The smallest absolute Gasteiger partial charge is 0.255 e. The molecular weight excluding hydrogens is 356 g/mol. The molecule has 2 rings (SSSR count). The van der Waals surface area contributed by atoms with Gasteiger partial charge in [0.05, 0.1) is 13.2 Å². The molecule has 0 saturated carbocycles. The summed E-state index contributed by atoms with van der Waals surface area (Å²) in [5, 5.41) is 5.57. The monoisotopic (exact) mass is 384 g/mol. The second-order valence-electron chi connectivity index (χ2n) is 6.36. The highest BCUT2D eigenvalue weighted by atomic mass is 16.5. The summed E-state index contributed by atoms with van der Waals surface area (Å²) in [7, 11) is 1.58. The fraction of sp³-hybridized carbons (Fsp3) is 0.364. The zero-order valence-corrected chi connectivity index (χ0v) is 16.5. The molecule has 0 unspecified atom stereocenters. The third-order valence-electron chi connectivity index (χ3n) is 4.11. The minimum atomic E-state index is -0.241. The minimum absolute atomic E-state index is 0.210. The number of unbranched alkanes of at least 4 members (excludes halogenated alkanes) is 2. The van der Waals surface area contributed by atoms with Crippen LogP contribution in [0.1, 0.15) is 46.9 Å². The molecule has 2 aromatic rings. The molecule has 2 amide bonds. The first kappa shape index (κ1) is 21.4. The van der Waals surface area contributed by atoms with E-state index in [1.54, 1.807) is 55.6 Å². The summed E-state index contributed by atoms with van der Waals surface area (Å²) < 4.78 is 10.6. The van der Waals surface area contributed by atoms with E-state index in [2.05, 4.69) is 17.6 Å². The van der Waals surface area contributed by atoms with Crippen LogP contribution in [0.4, 0.5) is 5.69 Å². The summed E-state index contributed by atoms with van der Waals surface area (Å²) in [6.07, 6.45) is 3.32. The summed E-state index contributed by atoms with van der Waals surface area (Å²) in [6.45, 7) is 3.70. The lowest BCUT2D eigenvalue weighted by Gasteiger charge is -2.09. The first-order valence-corrected chi connectivity index (χ1v) is 9.55. The molecule has 0 aliphatic heterocycles. The van der Waals surface area contributed by atoms with Crippen molar-refractivity contribution in [1.29, 1.82) is 0 Å². The van der Waals surface area contributed by atoms with Crippen LogP contribution in [0.25, 0.3) is 0 Å². The van der Waals surface area contributed by atoms with Gasteiger partial charge in [0.15, 0.2) is 0 Å². The summed E-state index contributed by atoms with van der Waals surface area (Å²) in [4.78, 5) is 24.5. The molecule has 6 heteroatoms. The maximum atomic E-state index is 12.4. The van der Waals surface area contributed by atoms with Gasteiger partial charge in [-0.25, -0.2) is 0 Å². The van der Waals surface area contributed by atoms with Gasteiger partial charge < -0.3 is 20.1 Å². The van der Waals surface area contributed by atoms with E-state index in [0.717, 1.165) is 25.0 Å². The van der Waals surface area contributed by atoms with Gasteiger partial charge in [0.2, 0.25) is 0 Å². The number of hydrogen-bond acceptors (Lipinski definition) is 4. The first-order valence-electron chi connectivity index (χ1n) is 9.55. The van der Waals surface area contributed by atoms with Crippen LogP contribution in [0.5, 0.6) is 5.75 Å². The topological polar surface area (TPSA) is 76.7 Å². The zero-order chi connectivity index (χ0) is 20.2. The van der Waals surface area contributed by atoms with Crippen molar-refractivity contribution in [3.63, 3.8) is 0 Å². The van der Waals surface area contributed by atoms with Crippen LogP contribution in [0.15, 0.2) is 48.5 Å². The second kappa shape index (κ2) is 11.8. The lowest BCUT2D eigenvalue weighted by Crippen LogP contribution is -2.27. The predicted molar refractivity (Wildman–Crippen MR) is 110 cm³/mol. The number of anilines is 1. The van der Waals surface area contributed by atoms with Crippen LogP contribution in [0.3, 0.4) is 0 Å². The summed E-state index contributed by atoms with van der Waals surface area (Å²) in [5.74, 6) is 0.301. The van der Waals surface area contributed by atoms with Crippen LogP contribution in [0.2, 0.25) is 0 Å². The fourth-order valence-electron chi connectivity index (χ4n) is 2.55. The van der Waals surface area contributed by atoms with E-state index in [4.69, 9.17) is 9.47 Å². The Hall–Kier alpha value is -2.86. The normalized spacial score (nSPS) is 10.4. The molecule has 0 heterocycles. The van der Waals surface area contributed by atoms with Gasteiger partial charge in [-0.2, -0.15) is 0 Å². The van der Waals surface area contributed by atoms with E-state index in [1.807, 2.05) is 0 Å². The highest BCUT2D eigenvalue weighted by Gasteiger charge is 2.09. The lowest BCUT2D eigenvalue weighted by atomic mass is 10.1. The van der Waals surface area contributed by atoms with E-state index in [0.29, 0.717) is 36.6 Å². The minimum Gasteiger partial charge on any atom is -0.494 e. The first-order chi connectivity index (χ1) is 13.6. The Morgan fingerprint density at radius 2 is 1.71 bits per heavy atom. The summed E-state index contributed by atoms with van der Waals surface area (Å²) in [6, 6.07) is 13.9. The van der Waals surface area contributed by atoms with E-state index >= 15 is 0 Å². The van der Waals surface area contributed by atoms with Gasteiger partial charge in [-0.3, -0.25) is 9.59 Å². The number of hydrogen-bond donors (Lipinski definition) is 2. The van der Waals surface area contributed by atoms with Crippen molar-refractivity contribution in [3.8, 4) is 5.75 Å². The van der Waals surface area contributed by atoms with Gasteiger partial charge in [-0.05, 0) is 48.9 Å². The summed E-state index contributed by atoms with van der Waals surface area (Å²) in [5.41, 5.74) is 1.56. The van der Waals surface area contributed by atoms with Crippen LogP contribution in [0, 0.1) is 0 Å². The Labute approximate surface area is 166 Å². The number of rotatable bonds is 11. The molecule has 0 spiro atoms. The van der Waals surface area contributed by atoms with Gasteiger partial charge in [0, 0.05) is 30.5 Å². The van der Waals surface area contributed by atoms with Crippen molar-refractivity contribution in [3.05, 3.63) is 59.7 Å². The molecule has 2 N–H and O–H groups in total. The van der Waals surface area contributed by atoms with Crippen LogP contribution in [-0.2, 0) is 4.74 Å². The Morgan fingerprint density at radius 3 is 2.43 bits per heavy atom. The molecular formula is C22H28N2O4. The van der Waals surface area contributed by atoms with Gasteiger partial charge in [0.1, 0.15) is 5.75 Å². The van der Waals surface area contributed by atoms with E-state index in [1.165, 1.54) is 0 Å². The number of carbonyl (C=O) groups excluding carboxylic acids is 2. The third kappa shape index (κ3) is 7.04. The number of amides is 2. The van der Waals surface area contributed by atoms with Crippen molar-refractivity contribution in [1.82, 2.24) is 5.32 Å². The highest BCUT2D eigenvalue weighted by Crippen LogP contribution is 2.16. The molecule has 28 heavy (non-hydrogen) atoms. The van der Waals surface area contributed by atoms with E-state index in [-0.39, 0.29) is 11.8 Å². The molecule has 0 aliphatic rings. The quantitative estimate of drug-likeness (QED) is 0.577. The second-order valence-corrected chi connectivity index (χ2v) is 6.36. The largest absolute Gasteiger partial charge is 0.494 e. The zero-order valence-electron chi connectivity index (χ0n) is 16.5. The van der Waals surface area contributed by atoms with Crippen LogP contribution < -0.4 is 15.4 Å². The molecule has 0 aliphatic carbocycles. The summed E-state index contributed by atoms with van der Waals surface area (Å²) >= 11 is 0. The maximum Gasteiger partial charge on any atom is 0.255 e. The molecule has 0 bridgehead atoms. The standard InChI is InChI=1S/C22H28N2O4/c1-3-4-5-14-28-20-11-9-17(10-12-20)22(26)24-19-8-6-7-18(16-19)21(25)23-13-15-27-2/h6-12,16H,3-5,13-15H2,1-2H3,(H,23,25)(H,24,26). The maximum absolute atomic E-state index is 12.4. The number of methoxy groups -OCH3 is 1. The molecule has 0 saturated heterocycles. The molecule has 2 aromatic carbocycles. The molecule has 150 valence electrons. The van der Waals surface area contributed by atoms with Crippen molar-refractivity contribution >= 4 is 17.5 Å². The Bertz CT molecular complexity index is 759. The van der Waals surface area contributed by atoms with Crippen LogP contribution >= 0.6 is 0 Å². The van der Waals surface area contributed by atoms with Gasteiger partial charge >= 0.3 is 0 Å². The average molecular weight is 384 g/mol. The Morgan fingerprint density at radius 1 is 0.929 bits per heavy atom. The van der Waals surface area contributed by atoms with E-state index in [9.17, 15) is 9.59 Å². The fourth-order valence-corrected chi connectivity index (χ4v) is 2.55. The Kier molecular flexibility index (Phi) is 9.01. The lowest BCUT2D eigenvalue weighted by molar-refractivity contribution is 0.0936. The number of benzene rings is 2. The molecule has 0 aromatic heterocycles. The number of carbonyl (C=O) groups is 2. The SMILES string of the molecule is CCCCCOc1ccc(C(=O)Nc2cccc(C(=O)NCCOC)c2)cc1. The van der Waals surface area contributed by atoms with Gasteiger partial charge in [-0.1, -0.05) is 25.8 Å². The van der Waals surface area contributed by atoms with Crippen molar-refractivity contribution in [2.24, 2.45) is 0 Å². The third-order valence-corrected chi connectivity index (χ3v) is 4.11. The molecule has 0 fully saturated rings. The van der Waals surface area contributed by atoms with Crippen molar-refractivity contribution in [2.45, 2.75) is 26.2 Å². The van der Waals surface area contributed by atoms with Crippen molar-refractivity contribution in [2.75, 3.05) is 32.2 Å². The highest BCUT2D eigenvalue weighted by molar-refractivity contribution is 6.05. The average Bonchev–Trinajstić information content (AvgIpc) is 2.72. The Balaban J connectivity index is 1.91. The van der Waals surface area contributed by atoms with Crippen molar-refractivity contribution < 1.29 is 19.1 Å². The van der Waals surface area contributed by atoms with Crippen LogP contribution in [-0.4, -0.2) is 38.7 Å². The van der Waals surface area contributed by atoms with Gasteiger partial charge in [0.25, 0.3) is 11.8 Å². The number of ether oxygens (including phenoxy) is 2. The molecule has 0 radical (unpaired) electrons. The predicted octanol–water partition coefficient (Wildman–Crippen LogP) is 3.88.